The Kier molecular flexibility index (Phi) is 6.00. The lowest BCUT2D eigenvalue weighted by molar-refractivity contribution is -0.143. The third-order valence-corrected chi connectivity index (χ3v) is 4.61. The lowest BCUT2D eigenvalue weighted by Crippen LogP contribution is -2.24. The summed E-state index contributed by atoms with van der Waals surface area (Å²) in [6.45, 7) is 8.03. The Labute approximate surface area is 151 Å². The number of rotatable bonds is 5. The van der Waals surface area contributed by atoms with Crippen LogP contribution < -0.4 is 9.54 Å². The van der Waals surface area contributed by atoms with E-state index in [1.807, 2.05) is 43.5 Å². The Morgan fingerprint density at radius 2 is 2.00 bits per heavy atom. The molecule has 1 aromatic heterocycles. The van der Waals surface area contributed by atoms with Crippen LogP contribution in [0.25, 0.3) is 10.2 Å². The van der Waals surface area contributed by atoms with E-state index in [9.17, 15) is 9.59 Å². The van der Waals surface area contributed by atoms with E-state index in [4.69, 9.17) is 9.47 Å². The van der Waals surface area contributed by atoms with Crippen LogP contribution in [-0.2, 0) is 20.9 Å². The van der Waals surface area contributed by atoms with E-state index in [2.05, 4.69) is 4.99 Å². The van der Waals surface area contributed by atoms with E-state index >= 15 is 0 Å². The van der Waals surface area contributed by atoms with Crippen molar-refractivity contribution in [3.8, 4) is 5.75 Å². The van der Waals surface area contributed by atoms with Crippen LogP contribution in [0.2, 0.25) is 0 Å². The molecule has 1 heterocycles. The van der Waals surface area contributed by atoms with Crippen LogP contribution >= 0.6 is 11.3 Å². The molecule has 136 valence electrons. The van der Waals surface area contributed by atoms with Crippen molar-refractivity contribution in [2.45, 2.75) is 40.7 Å². The van der Waals surface area contributed by atoms with Gasteiger partial charge in [0.2, 0.25) is 0 Å². The number of carbonyl (C=O) groups excluding carboxylic acids is 2. The minimum Gasteiger partial charge on any atom is -0.497 e. The second kappa shape index (κ2) is 7.82. The average Bonchev–Trinajstić information content (AvgIpc) is 2.88. The molecule has 0 saturated heterocycles. The maximum atomic E-state index is 12.3. The van der Waals surface area contributed by atoms with E-state index in [1.54, 1.807) is 14.0 Å². The van der Waals surface area contributed by atoms with Gasteiger partial charge in [-0.2, -0.15) is 4.99 Å². The summed E-state index contributed by atoms with van der Waals surface area (Å²) in [6.07, 6.45) is 0.225. The average molecular weight is 364 g/mol. The Morgan fingerprint density at radius 3 is 2.60 bits per heavy atom. The first-order chi connectivity index (χ1) is 11.8. The van der Waals surface area contributed by atoms with Gasteiger partial charge in [-0.15, -0.1) is 0 Å². The smallest absolute Gasteiger partial charge is 0.307 e. The summed E-state index contributed by atoms with van der Waals surface area (Å²) in [5.74, 6) is 0.270. The third-order valence-electron chi connectivity index (χ3n) is 3.57. The highest BCUT2D eigenvalue weighted by Crippen LogP contribution is 2.24. The number of aromatic nitrogens is 1. The highest BCUT2D eigenvalue weighted by atomic mass is 32.1. The SMILES string of the molecule is CCOC(=O)CCn1c(=NC(=O)C(C)(C)C)sc2cc(OC)ccc21. The van der Waals surface area contributed by atoms with Crippen molar-refractivity contribution in [3.05, 3.63) is 23.0 Å². The maximum absolute atomic E-state index is 12.3. The van der Waals surface area contributed by atoms with Gasteiger partial charge in [-0.25, -0.2) is 0 Å². The van der Waals surface area contributed by atoms with Gasteiger partial charge in [-0.3, -0.25) is 9.59 Å². The molecular formula is C18H24N2O4S. The Bertz CT molecular complexity index is 843. The van der Waals surface area contributed by atoms with Gasteiger partial charge in [0.25, 0.3) is 5.91 Å². The van der Waals surface area contributed by atoms with Crippen molar-refractivity contribution >= 4 is 33.4 Å². The lowest BCUT2D eigenvalue weighted by Gasteiger charge is -2.12. The second-order valence-corrected chi connectivity index (χ2v) is 7.60. The molecule has 6 nitrogen and oxygen atoms in total. The topological polar surface area (TPSA) is 69.9 Å². The molecule has 2 rings (SSSR count). The van der Waals surface area contributed by atoms with Gasteiger partial charge in [-0.05, 0) is 25.1 Å². The highest BCUT2D eigenvalue weighted by Gasteiger charge is 2.21. The van der Waals surface area contributed by atoms with Crippen molar-refractivity contribution in [1.82, 2.24) is 4.57 Å². The molecule has 0 aliphatic carbocycles. The van der Waals surface area contributed by atoms with Crippen molar-refractivity contribution in [2.75, 3.05) is 13.7 Å². The fourth-order valence-corrected chi connectivity index (χ4v) is 3.26. The third kappa shape index (κ3) is 4.69. The first-order valence-electron chi connectivity index (χ1n) is 8.18. The molecule has 0 N–H and O–H groups in total. The molecule has 0 radical (unpaired) electrons. The van der Waals surface area contributed by atoms with Crippen LogP contribution in [-0.4, -0.2) is 30.2 Å². The standard InChI is InChI=1S/C18H24N2O4S/c1-6-24-15(21)9-10-20-13-8-7-12(23-5)11-14(13)25-17(20)19-16(22)18(2,3)4/h7-8,11H,6,9-10H2,1-5H3. The van der Waals surface area contributed by atoms with Gasteiger partial charge in [-0.1, -0.05) is 32.1 Å². The van der Waals surface area contributed by atoms with Gasteiger partial charge in [0.1, 0.15) is 5.75 Å². The van der Waals surface area contributed by atoms with Gasteiger partial charge in [0.15, 0.2) is 4.80 Å². The zero-order chi connectivity index (χ0) is 18.6. The number of amides is 1. The number of hydrogen-bond donors (Lipinski definition) is 0. The number of methoxy groups -OCH3 is 1. The van der Waals surface area contributed by atoms with Crippen LogP contribution in [0.15, 0.2) is 23.2 Å². The van der Waals surface area contributed by atoms with Crippen LogP contribution in [0.4, 0.5) is 0 Å². The summed E-state index contributed by atoms with van der Waals surface area (Å²) in [7, 11) is 1.61. The highest BCUT2D eigenvalue weighted by molar-refractivity contribution is 7.16. The molecule has 1 aromatic carbocycles. The molecule has 0 fully saturated rings. The zero-order valence-electron chi connectivity index (χ0n) is 15.3. The van der Waals surface area contributed by atoms with Crippen LogP contribution in [0.1, 0.15) is 34.1 Å². The molecule has 0 aliphatic rings. The number of ether oxygens (including phenoxy) is 2. The number of nitrogens with zero attached hydrogens (tertiary/aromatic N) is 2. The summed E-state index contributed by atoms with van der Waals surface area (Å²) in [5.41, 5.74) is 0.350. The molecule has 0 atom stereocenters. The molecule has 0 aliphatic heterocycles. The molecule has 0 saturated carbocycles. The van der Waals surface area contributed by atoms with E-state index in [0.717, 1.165) is 16.0 Å². The first-order valence-corrected chi connectivity index (χ1v) is 9.00. The van der Waals surface area contributed by atoms with Gasteiger partial charge < -0.3 is 14.0 Å². The first kappa shape index (κ1) is 19.2. The predicted molar refractivity (Wildman–Crippen MR) is 97.6 cm³/mol. The summed E-state index contributed by atoms with van der Waals surface area (Å²) in [4.78, 5) is 28.9. The minimum absolute atomic E-state index is 0.198. The van der Waals surface area contributed by atoms with Crippen LogP contribution in [0.5, 0.6) is 5.75 Å². The largest absolute Gasteiger partial charge is 0.497 e. The Hall–Kier alpha value is -2.15. The van der Waals surface area contributed by atoms with Crippen LogP contribution in [0, 0.1) is 5.41 Å². The van der Waals surface area contributed by atoms with E-state index in [1.165, 1.54) is 11.3 Å². The number of fused-ring (bicyclic) bond motifs is 1. The van der Waals surface area contributed by atoms with Crippen molar-refractivity contribution in [2.24, 2.45) is 10.4 Å². The Balaban J connectivity index is 2.50. The van der Waals surface area contributed by atoms with Gasteiger partial charge >= 0.3 is 5.97 Å². The quantitative estimate of drug-likeness (QED) is 0.764. The predicted octanol–water partition coefficient (Wildman–Crippen LogP) is 3.14. The maximum Gasteiger partial charge on any atom is 0.307 e. The van der Waals surface area contributed by atoms with Crippen LogP contribution in [0.3, 0.4) is 0 Å². The Morgan fingerprint density at radius 1 is 1.28 bits per heavy atom. The van der Waals surface area contributed by atoms with E-state index in [-0.39, 0.29) is 18.3 Å². The molecule has 0 bridgehead atoms. The summed E-state index contributed by atoms with van der Waals surface area (Å²) >= 11 is 1.41. The summed E-state index contributed by atoms with van der Waals surface area (Å²) in [6, 6.07) is 5.67. The molecule has 7 heteroatoms. The van der Waals surface area contributed by atoms with Crippen molar-refractivity contribution in [3.63, 3.8) is 0 Å². The monoisotopic (exact) mass is 364 g/mol. The fraction of sp³-hybridized carbons (Fsp3) is 0.500. The summed E-state index contributed by atoms with van der Waals surface area (Å²) in [5, 5.41) is 0. The molecule has 1 amide bonds. The molecule has 0 unspecified atom stereocenters. The number of hydrogen-bond acceptors (Lipinski definition) is 5. The summed E-state index contributed by atoms with van der Waals surface area (Å²) < 4.78 is 13.1. The fourth-order valence-electron chi connectivity index (χ4n) is 2.17. The van der Waals surface area contributed by atoms with Gasteiger partial charge in [0, 0.05) is 12.0 Å². The molecular weight excluding hydrogens is 340 g/mol. The molecule has 2 aromatic rings. The van der Waals surface area contributed by atoms with E-state index in [0.29, 0.717) is 18.0 Å². The number of carbonyl (C=O) groups is 2. The van der Waals surface area contributed by atoms with E-state index < -0.39 is 5.41 Å². The van der Waals surface area contributed by atoms with Crippen molar-refractivity contribution < 1.29 is 19.1 Å². The second-order valence-electron chi connectivity index (χ2n) is 6.59. The van der Waals surface area contributed by atoms with Gasteiger partial charge in [0.05, 0.1) is 30.4 Å². The number of benzene rings is 1. The van der Waals surface area contributed by atoms with Crippen molar-refractivity contribution in [1.29, 1.82) is 0 Å². The minimum atomic E-state index is -0.563. The zero-order valence-corrected chi connectivity index (χ0v) is 16.1. The molecule has 25 heavy (non-hydrogen) atoms. The molecule has 0 spiro atoms. The lowest BCUT2D eigenvalue weighted by atomic mass is 9.96. The number of esters is 1. The normalized spacial score (nSPS) is 12.4. The number of aryl methyl sites for hydroxylation is 1. The number of thiazole rings is 1.